The monoisotopic (exact) mass is 494 g/mol. The molecule has 1 heterocycles. The predicted octanol–water partition coefficient (Wildman–Crippen LogP) is 6.94. The molecule has 1 fully saturated rings. The molecule has 0 spiro atoms. The molecule has 1 saturated heterocycles. The van der Waals surface area contributed by atoms with Gasteiger partial charge in [0.25, 0.3) is 0 Å². The van der Waals surface area contributed by atoms with Crippen molar-refractivity contribution in [1.29, 1.82) is 0 Å². The number of methoxy groups -OCH3 is 1. The first kappa shape index (κ1) is 25.4. The van der Waals surface area contributed by atoms with E-state index in [0.717, 1.165) is 22.3 Å². The van der Waals surface area contributed by atoms with Crippen molar-refractivity contribution >= 4 is 0 Å². The van der Waals surface area contributed by atoms with Crippen LogP contribution >= 0.6 is 0 Å². The van der Waals surface area contributed by atoms with Crippen LogP contribution in [0.1, 0.15) is 35.6 Å². The Morgan fingerprint density at radius 2 is 1.16 bits per heavy atom. The van der Waals surface area contributed by atoms with Crippen LogP contribution in [0.2, 0.25) is 0 Å². The minimum Gasteiger partial charge on any atom is -0.368 e. The lowest BCUT2D eigenvalue weighted by Gasteiger charge is -2.44. The summed E-state index contributed by atoms with van der Waals surface area (Å²) >= 11 is 0. The minimum atomic E-state index is -0.857. The lowest BCUT2D eigenvalue weighted by atomic mass is 9.80. The largest absolute Gasteiger partial charge is 0.368 e. The summed E-state index contributed by atoms with van der Waals surface area (Å²) in [5.74, 6) is 0.160. The van der Waals surface area contributed by atoms with Crippen molar-refractivity contribution in [2.24, 2.45) is 5.92 Å². The van der Waals surface area contributed by atoms with Gasteiger partial charge in [0, 0.05) is 13.5 Å². The van der Waals surface area contributed by atoms with Gasteiger partial charge in [-0.2, -0.15) is 0 Å². The van der Waals surface area contributed by atoms with Gasteiger partial charge in [-0.25, -0.2) is 0 Å². The van der Waals surface area contributed by atoms with Gasteiger partial charge in [0.15, 0.2) is 12.6 Å². The Morgan fingerprint density at radius 3 is 1.62 bits per heavy atom. The van der Waals surface area contributed by atoms with Gasteiger partial charge in [-0.3, -0.25) is 0 Å². The summed E-state index contributed by atoms with van der Waals surface area (Å²) in [7, 11) is 1.66. The van der Waals surface area contributed by atoms with Crippen LogP contribution in [0.4, 0.5) is 0 Å². The zero-order chi connectivity index (χ0) is 25.5. The smallest absolute Gasteiger partial charge is 0.186 e. The molecular weight excluding hydrogens is 460 g/mol. The van der Waals surface area contributed by atoms with Crippen LogP contribution in [-0.2, 0) is 31.2 Å². The second-order valence-corrected chi connectivity index (χ2v) is 9.54. The molecule has 4 aromatic carbocycles. The molecule has 0 aromatic heterocycles. The van der Waals surface area contributed by atoms with Gasteiger partial charge >= 0.3 is 0 Å². The maximum absolute atomic E-state index is 7.09. The Morgan fingerprint density at radius 1 is 0.703 bits per heavy atom. The fourth-order valence-corrected chi connectivity index (χ4v) is 5.18. The molecule has 4 heteroatoms. The van der Waals surface area contributed by atoms with E-state index in [4.69, 9.17) is 18.9 Å². The van der Waals surface area contributed by atoms with Gasteiger partial charge in [0.05, 0.1) is 6.61 Å². The van der Waals surface area contributed by atoms with E-state index in [-0.39, 0.29) is 12.0 Å². The van der Waals surface area contributed by atoms with Crippen molar-refractivity contribution in [3.8, 4) is 0 Å². The van der Waals surface area contributed by atoms with E-state index in [2.05, 4.69) is 91.9 Å². The number of rotatable bonds is 9. The lowest BCUT2D eigenvalue weighted by Crippen LogP contribution is -2.50. The number of benzene rings is 4. The molecule has 1 aliphatic rings. The molecule has 190 valence electrons. The highest BCUT2D eigenvalue weighted by atomic mass is 16.8. The van der Waals surface area contributed by atoms with Crippen molar-refractivity contribution in [3.05, 3.63) is 144 Å². The number of hydrogen-bond donors (Lipinski definition) is 0. The first-order chi connectivity index (χ1) is 18.2. The Hall–Kier alpha value is -3.28. The Labute approximate surface area is 219 Å². The lowest BCUT2D eigenvalue weighted by molar-refractivity contribution is -0.326. The summed E-state index contributed by atoms with van der Waals surface area (Å²) in [4.78, 5) is 0. The van der Waals surface area contributed by atoms with Crippen LogP contribution in [0.25, 0.3) is 0 Å². The molecule has 0 N–H and O–H groups in total. The van der Waals surface area contributed by atoms with Gasteiger partial charge in [-0.1, -0.05) is 128 Å². The van der Waals surface area contributed by atoms with Crippen molar-refractivity contribution < 1.29 is 18.9 Å². The van der Waals surface area contributed by atoms with Crippen molar-refractivity contribution in [2.45, 2.75) is 44.2 Å². The molecule has 4 unspecified atom stereocenters. The molecule has 0 bridgehead atoms. The number of hydrogen-bond acceptors (Lipinski definition) is 4. The maximum Gasteiger partial charge on any atom is 0.186 e. The Bertz CT molecular complexity index is 1120. The van der Waals surface area contributed by atoms with Gasteiger partial charge < -0.3 is 18.9 Å². The molecule has 5 rings (SSSR count). The van der Waals surface area contributed by atoms with Gasteiger partial charge in [0.2, 0.25) is 0 Å². The van der Waals surface area contributed by atoms with Crippen LogP contribution < -0.4 is 0 Å². The molecule has 1 aliphatic heterocycles. The quantitative estimate of drug-likeness (QED) is 0.236. The van der Waals surface area contributed by atoms with Crippen LogP contribution in [0, 0.1) is 5.92 Å². The highest BCUT2D eigenvalue weighted by Gasteiger charge is 2.45. The first-order valence-corrected chi connectivity index (χ1v) is 12.9. The molecule has 0 amide bonds. The van der Waals surface area contributed by atoms with Gasteiger partial charge in [-0.15, -0.1) is 0 Å². The summed E-state index contributed by atoms with van der Waals surface area (Å²) < 4.78 is 25.7. The second kappa shape index (κ2) is 11.8. The predicted molar refractivity (Wildman–Crippen MR) is 145 cm³/mol. The highest BCUT2D eigenvalue weighted by Crippen LogP contribution is 2.43. The molecule has 0 radical (unpaired) electrons. The Balaban J connectivity index is 1.47. The summed E-state index contributed by atoms with van der Waals surface area (Å²) in [5.41, 5.74) is 3.39. The molecule has 0 aliphatic carbocycles. The third-order valence-electron chi connectivity index (χ3n) is 7.05. The standard InChI is InChI=1S/C33H34O4/c1-25-23-30(36-32(34-2)31(25)35-24-26-15-7-3-8-16-26)37-33(27-17-9-4-10-18-27,28-19-11-5-12-20-28)29-21-13-6-14-22-29/h3-22,25,30-32H,23-24H2,1-2H3. The van der Waals surface area contributed by atoms with Crippen molar-refractivity contribution in [1.82, 2.24) is 0 Å². The van der Waals surface area contributed by atoms with Crippen LogP contribution in [0.3, 0.4) is 0 Å². The SMILES string of the molecule is COC1OC(OC(c2ccccc2)(c2ccccc2)c2ccccc2)CC(C)C1OCc1ccccc1. The fraction of sp³-hybridized carbons (Fsp3) is 0.273. The molecule has 4 atom stereocenters. The van der Waals surface area contributed by atoms with Crippen molar-refractivity contribution in [2.75, 3.05) is 7.11 Å². The molecule has 0 saturated carbocycles. The van der Waals surface area contributed by atoms with E-state index >= 15 is 0 Å². The minimum absolute atomic E-state index is 0.160. The summed E-state index contributed by atoms with van der Waals surface area (Å²) in [6, 6.07) is 41.3. The normalized spacial score (nSPS) is 22.0. The van der Waals surface area contributed by atoms with Gasteiger partial charge in [-0.05, 0) is 28.2 Å². The topological polar surface area (TPSA) is 36.9 Å². The van der Waals surface area contributed by atoms with E-state index < -0.39 is 18.2 Å². The van der Waals surface area contributed by atoms with Crippen LogP contribution in [-0.4, -0.2) is 25.8 Å². The maximum atomic E-state index is 7.09. The van der Waals surface area contributed by atoms with E-state index in [1.54, 1.807) is 7.11 Å². The Kier molecular flexibility index (Phi) is 8.12. The second-order valence-electron chi connectivity index (χ2n) is 9.54. The van der Waals surface area contributed by atoms with E-state index in [1.165, 1.54) is 0 Å². The molecular formula is C33H34O4. The summed E-state index contributed by atoms with van der Waals surface area (Å²) in [5, 5.41) is 0. The highest BCUT2D eigenvalue weighted by molar-refractivity contribution is 5.47. The molecule has 4 nitrogen and oxygen atoms in total. The van der Waals surface area contributed by atoms with E-state index in [0.29, 0.717) is 13.0 Å². The zero-order valence-corrected chi connectivity index (χ0v) is 21.4. The van der Waals surface area contributed by atoms with E-state index in [9.17, 15) is 0 Å². The molecule has 4 aromatic rings. The van der Waals surface area contributed by atoms with Crippen LogP contribution in [0.15, 0.2) is 121 Å². The third kappa shape index (κ3) is 5.53. The van der Waals surface area contributed by atoms with Crippen molar-refractivity contribution in [3.63, 3.8) is 0 Å². The van der Waals surface area contributed by atoms with Crippen LogP contribution in [0.5, 0.6) is 0 Å². The first-order valence-electron chi connectivity index (χ1n) is 12.9. The average Bonchev–Trinajstić information content (AvgIpc) is 2.97. The summed E-state index contributed by atoms with van der Waals surface area (Å²) in [6.07, 6.45) is -0.577. The third-order valence-corrected chi connectivity index (χ3v) is 7.05. The average molecular weight is 495 g/mol. The fourth-order valence-electron chi connectivity index (χ4n) is 5.18. The van der Waals surface area contributed by atoms with E-state index in [1.807, 2.05) is 36.4 Å². The van der Waals surface area contributed by atoms with Gasteiger partial charge in [0.1, 0.15) is 11.7 Å². The summed E-state index contributed by atoms with van der Waals surface area (Å²) in [6.45, 7) is 2.68. The molecule has 37 heavy (non-hydrogen) atoms. The zero-order valence-electron chi connectivity index (χ0n) is 21.4. The number of ether oxygens (including phenoxy) is 4.